The molecule has 0 radical (unpaired) electrons. The van der Waals surface area contributed by atoms with Crippen LogP contribution in [0.1, 0.15) is 12.5 Å². The van der Waals surface area contributed by atoms with E-state index in [1.165, 1.54) is 25.1 Å². The zero-order valence-corrected chi connectivity index (χ0v) is 10.2. The number of imide groups is 1. The minimum Gasteiger partial charge on any atom is -0.320 e. The average Bonchev–Trinajstić information content (AvgIpc) is 2.53. The van der Waals surface area contributed by atoms with Gasteiger partial charge in [0, 0.05) is 0 Å². The number of rotatable bonds is 2. The molecule has 1 unspecified atom stereocenters. The predicted molar refractivity (Wildman–Crippen MR) is 61.8 cm³/mol. The fourth-order valence-corrected chi connectivity index (χ4v) is 2.29. The molecule has 0 spiro atoms. The molecule has 0 saturated carbocycles. The molecule has 1 fully saturated rings. The van der Waals surface area contributed by atoms with Gasteiger partial charge in [-0.2, -0.15) is 0 Å². The second-order valence-electron chi connectivity index (χ2n) is 4.11. The third kappa shape index (κ3) is 1.95. The van der Waals surface area contributed by atoms with Crippen molar-refractivity contribution in [2.75, 3.05) is 0 Å². The van der Waals surface area contributed by atoms with Gasteiger partial charge in [-0.1, -0.05) is 12.1 Å². The van der Waals surface area contributed by atoms with Gasteiger partial charge in [-0.25, -0.2) is 18.4 Å². The molecule has 1 aliphatic rings. The lowest BCUT2D eigenvalue weighted by Crippen LogP contribution is -2.40. The first kappa shape index (κ1) is 12.5. The topological polar surface area (TPSA) is 118 Å². The molecular weight excluding hydrogens is 258 g/mol. The number of carbonyl (C=O) groups is 2. The van der Waals surface area contributed by atoms with Crippen LogP contribution >= 0.6 is 0 Å². The Morgan fingerprint density at radius 3 is 2.44 bits per heavy atom. The van der Waals surface area contributed by atoms with Crippen molar-refractivity contribution in [3.05, 3.63) is 29.8 Å². The van der Waals surface area contributed by atoms with Crippen molar-refractivity contribution in [1.82, 2.24) is 10.6 Å². The third-order valence-corrected chi connectivity index (χ3v) is 3.70. The van der Waals surface area contributed by atoms with E-state index in [4.69, 9.17) is 5.14 Å². The number of amides is 3. The predicted octanol–water partition coefficient (Wildman–Crippen LogP) is -0.611. The Labute approximate surface area is 103 Å². The maximum absolute atomic E-state index is 11.7. The number of primary sulfonamides is 1. The van der Waals surface area contributed by atoms with E-state index >= 15 is 0 Å². The molecule has 4 N–H and O–H groups in total. The lowest BCUT2D eigenvalue weighted by Gasteiger charge is -2.21. The van der Waals surface area contributed by atoms with E-state index in [9.17, 15) is 18.0 Å². The molecule has 2 rings (SSSR count). The maximum Gasteiger partial charge on any atom is 0.322 e. The summed E-state index contributed by atoms with van der Waals surface area (Å²) in [7, 11) is -3.86. The largest absolute Gasteiger partial charge is 0.322 e. The molecule has 1 atom stereocenters. The second kappa shape index (κ2) is 3.79. The smallest absolute Gasteiger partial charge is 0.320 e. The average molecular weight is 269 g/mol. The van der Waals surface area contributed by atoms with E-state index in [1.807, 2.05) is 0 Å². The van der Waals surface area contributed by atoms with E-state index in [0.29, 0.717) is 5.56 Å². The highest BCUT2D eigenvalue weighted by Gasteiger charge is 2.43. The highest BCUT2D eigenvalue weighted by atomic mass is 32.2. The van der Waals surface area contributed by atoms with Gasteiger partial charge in [-0.3, -0.25) is 10.1 Å². The SMILES string of the molecule is CC1(c2cccc(S(N)(=O)=O)c2)NC(=O)NC1=O. The molecule has 1 aliphatic heterocycles. The summed E-state index contributed by atoms with van der Waals surface area (Å²) in [4.78, 5) is 22.7. The Bertz CT molecular complexity index is 640. The van der Waals surface area contributed by atoms with Crippen LogP contribution in [-0.4, -0.2) is 20.4 Å². The number of hydrogen-bond donors (Lipinski definition) is 3. The van der Waals surface area contributed by atoms with Gasteiger partial charge in [0.25, 0.3) is 5.91 Å². The van der Waals surface area contributed by atoms with Gasteiger partial charge in [0.1, 0.15) is 5.54 Å². The molecular formula is C10H11N3O4S. The number of nitrogens with two attached hydrogens (primary N) is 1. The van der Waals surface area contributed by atoms with Crippen LogP contribution in [0, 0.1) is 0 Å². The highest BCUT2D eigenvalue weighted by Crippen LogP contribution is 2.25. The van der Waals surface area contributed by atoms with E-state index in [2.05, 4.69) is 10.6 Å². The molecule has 18 heavy (non-hydrogen) atoms. The second-order valence-corrected chi connectivity index (χ2v) is 5.67. The van der Waals surface area contributed by atoms with Crippen LogP contribution in [-0.2, 0) is 20.4 Å². The van der Waals surface area contributed by atoms with Crippen molar-refractivity contribution in [3.63, 3.8) is 0 Å². The summed E-state index contributed by atoms with van der Waals surface area (Å²) < 4.78 is 22.5. The monoisotopic (exact) mass is 269 g/mol. The summed E-state index contributed by atoms with van der Waals surface area (Å²) in [5.41, 5.74) is -0.949. The van der Waals surface area contributed by atoms with Crippen molar-refractivity contribution in [2.45, 2.75) is 17.4 Å². The highest BCUT2D eigenvalue weighted by molar-refractivity contribution is 7.89. The zero-order chi connectivity index (χ0) is 13.6. The lowest BCUT2D eigenvalue weighted by molar-refractivity contribution is -0.123. The third-order valence-electron chi connectivity index (χ3n) is 2.78. The zero-order valence-electron chi connectivity index (χ0n) is 9.43. The Hall–Kier alpha value is -1.93. The first-order valence-corrected chi connectivity index (χ1v) is 6.55. The summed E-state index contributed by atoms with van der Waals surface area (Å²) in [6.07, 6.45) is 0. The quantitative estimate of drug-likeness (QED) is 0.620. The van der Waals surface area contributed by atoms with Gasteiger partial charge in [0.2, 0.25) is 10.0 Å². The Morgan fingerprint density at radius 1 is 1.28 bits per heavy atom. The summed E-state index contributed by atoms with van der Waals surface area (Å²) in [6.45, 7) is 1.48. The van der Waals surface area contributed by atoms with Crippen molar-refractivity contribution in [2.24, 2.45) is 5.14 Å². The van der Waals surface area contributed by atoms with Gasteiger partial charge >= 0.3 is 6.03 Å². The minimum absolute atomic E-state index is 0.116. The van der Waals surface area contributed by atoms with E-state index in [-0.39, 0.29) is 4.90 Å². The molecule has 0 aromatic heterocycles. The summed E-state index contributed by atoms with van der Waals surface area (Å²) >= 11 is 0. The van der Waals surface area contributed by atoms with Crippen LogP contribution < -0.4 is 15.8 Å². The van der Waals surface area contributed by atoms with Crippen LogP contribution in [0.15, 0.2) is 29.2 Å². The number of benzene rings is 1. The van der Waals surface area contributed by atoms with Crippen LogP contribution in [0.2, 0.25) is 0 Å². The summed E-state index contributed by atoms with van der Waals surface area (Å²) in [5.74, 6) is -0.543. The van der Waals surface area contributed by atoms with Crippen LogP contribution in [0.25, 0.3) is 0 Å². The first-order chi connectivity index (χ1) is 8.23. The molecule has 96 valence electrons. The number of carbonyl (C=O) groups excluding carboxylic acids is 2. The number of hydrogen-bond acceptors (Lipinski definition) is 4. The van der Waals surface area contributed by atoms with Gasteiger partial charge in [-0.15, -0.1) is 0 Å². The standard InChI is InChI=1S/C10H11N3O4S/c1-10(8(14)12-9(15)13-10)6-3-2-4-7(5-6)18(11,16)17/h2-5H,1H3,(H2,11,16,17)(H2,12,13,14,15). The van der Waals surface area contributed by atoms with Crippen LogP contribution in [0.3, 0.4) is 0 Å². The normalized spacial score (nSPS) is 23.7. The van der Waals surface area contributed by atoms with Crippen molar-refractivity contribution >= 4 is 22.0 Å². The van der Waals surface area contributed by atoms with Crippen molar-refractivity contribution in [3.8, 4) is 0 Å². The molecule has 1 heterocycles. The number of sulfonamides is 1. The molecule has 0 bridgehead atoms. The lowest BCUT2D eigenvalue weighted by atomic mass is 9.92. The molecule has 1 aromatic rings. The molecule has 3 amide bonds. The Balaban J connectivity index is 2.53. The summed E-state index contributed by atoms with van der Waals surface area (Å²) in [5, 5.41) is 9.55. The van der Waals surface area contributed by atoms with Gasteiger partial charge < -0.3 is 5.32 Å². The van der Waals surface area contributed by atoms with E-state index < -0.39 is 27.5 Å². The molecule has 1 aromatic carbocycles. The van der Waals surface area contributed by atoms with Gasteiger partial charge in [0.05, 0.1) is 4.90 Å². The molecule has 0 aliphatic carbocycles. The summed E-state index contributed by atoms with van der Waals surface area (Å²) in [6, 6.07) is 4.96. The van der Waals surface area contributed by atoms with Gasteiger partial charge in [-0.05, 0) is 24.6 Å². The Kier molecular flexibility index (Phi) is 2.63. The van der Waals surface area contributed by atoms with Crippen LogP contribution in [0.5, 0.6) is 0 Å². The van der Waals surface area contributed by atoms with Crippen molar-refractivity contribution < 1.29 is 18.0 Å². The van der Waals surface area contributed by atoms with E-state index in [1.54, 1.807) is 6.07 Å². The number of nitrogens with one attached hydrogen (secondary N) is 2. The minimum atomic E-state index is -3.86. The fourth-order valence-electron chi connectivity index (χ4n) is 1.73. The van der Waals surface area contributed by atoms with Gasteiger partial charge in [0.15, 0.2) is 0 Å². The molecule has 7 nitrogen and oxygen atoms in total. The molecule has 1 saturated heterocycles. The molecule has 8 heteroatoms. The number of urea groups is 1. The fraction of sp³-hybridized carbons (Fsp3) is 0.200. The first-order valence-electron chi connectivity index (χ1n) is 5.00. The van der Waals surface area contributed by atoms with E-state index in [0.717, 1.165) is 0 Å². The Morgan fingerprint density at radius 2 is 1.94 bits per heavy atom. The van der Waals surface area contributed by atoms with Crippen LogP contribution in [0.4, 0.5) is 4.79 Å². The van der Waals surface area contributed by atoms with Crippen molar-refractivity contribution in [1.29, 1.82) is 0 Å². The maximum atomic E-state index is 11.7.